The molecule has 0 atom stereocenters. The molecule has 0 amide bonds. The van der Waals surface area contributed by atoms with E-state index in [-0.39, 0.29) is 5.56 Å². The molecular formula is C23H27N3O2S. The van der Waals surface area contributed by atoms with Gasteiger partial charge >= 0.3 is 0 Å². The number of aromatic amines is 1. The molecule has 1 aromatic carbocycles. The van der Waals surface area contributed by atoms with Crippen LogP contribution in [-0.2, 0) is 6.54 Å². The van der Waals surface area contributed by atoms with Crippen molar-refractivity contribution in [2.45, 2.75) is 63.6 Å². The number of nitrogens with one attached hydrogen (secondary N) is 1. The molecule has 3 aromatic rings. The number of aromatic nitrogens is 2. The lowest BCUT2D eigenvalue weighted by atomic mass is 9.94. The van der Waals surface area contributed by atoms with E-state index < -0.39 is 0 Å². The largest absolute Gasteiger partial charge is 0.497 e. The average molecular weight is 410 g/mol. The summed E-state index contributed by atoms with van der Waals surface area (Å²) >= 11 is 1.50. The van der Waals surface area contributed by atoms with Crippen LogP contribution in [0, 0.1) is 0 Å². The van der Waals surface area contributed by atoms with E-state index in [9.17, 15) is 4.79 Å². The Labute approximate surface area is 174 Å². The molecule has 6 heteroatoms. The van der Waals surface area contributed by atoms with Gasteiger partial charge in [-0.1, -0.05) is 19.3 Å². The van der Waals surface area contributed by atoms with Gasteiger partial charge in [0.25, 0.3) is 5.56 Å². The molecule has 152 valence electrons. The first kappa shape index (κ1) is 18.8. The summed E-state index contributed by atoms with van der Waals surface area (Å²) in [6.45, 7) is 0.758. The summed E-state index contributed by atoms with van der Waals surface area (Å²) in [7, 11) is 1.66. The zero-order valence-electron chi connectivity index (χ0n) is 16.8. The van der Waals surface area contributed by atoms with Crippen molar-refractivity contribution in [1.82, 2.24) is 14.9 Å². The third kappa shape index (κ3) is 3.96. The molecule has 2 fully saturated rings. The number of methoxy groups -OCH3 is 1. The Balaban J connectivity index is 1.43. The van der Waals surface area contributed by atoms with Gasteiger partial charge in [-0.3, -0.25) is 9.69 Å². The highest BCUT2D eigenvalue weighted by atomic mass is 32.1. The first-order valence-corrected chi connectivity index (χ1v) is 11.5. The van der Waals surface area contributed by atoms with E-state index in [1.54, 1.807) is 7.11 Å². The molecule has 0 bridgehead atoms. The molecule has 1 N–H and O–H groups in total. The van der Waals surface area contributed by atoms with Crippen molar-refractivity contribution < 1.29 is 4.74 Å². The molecule has 0 aliphatic heterocycles. The minimum absolute atomic E-state index is 0.0193. The Bertz CT molecular complexity index is 1050. The van der Waals surface area contributed by atoms with Crippen molar-refractivity contribution in [1.29, 1.82) is 0 Å². The van der Waals surface area contributed by atoms with E-state index in [0.717, 1.165) is 34.1 Å². The summed E-state index contributed by atoms with van der Waals surface area (Å²) in [5.41, 5.74) is 1.87. The number of hydrogen-bond donors (Lipinski definition) is 1. The standard InChI is InChI=1S/C23H27N3O2S/c1-28-18-11-7-15(8-12-18)20-13-19-22(29-20)23(27)25-21(24-19)14-26(17-9-10-17)16-5-3-2-4-6-16/h7-8,11-13,16-17H,2-6,9-10,14H2,1H3,(H,24,25,27). The summed E-state index contributed by atoms with van der Waals surface area (Å²) in [6, 6.07) is 11.3. The minimum atomic E-state index is -0.0193. The number of fused-ring (bicyclic) bond motifs is 1. The second-order valence-electron chi connectivity index (χ2n) is 8.26. The van der Waals surface area contributed by atoms with Gasteiger partial charge in [-0.25, -0.2) is 4.98 Å². The monoisotopic (exact) mass is 409 g/mol. The Kier molecular flexibility index (Phi) is 5.14. The number of ether oxygens (including phenoxy) is 1. The second-order valence-corrected chi connectivity index (χ2v) is 9.31. The van der Waals surface area contributed by atoms with Crippen LogP contribution in [0.1, 0.15) is 50.8 Å². The van der Waals surface area contributed by atoms with Crippen molar-refractivity contribution in [2.75, 3.05) is 7.11 Å². The minimum Gasteiger partial charge on any atom is -0.497 e. The number of nitrogens with zero attached hydrogens (tertiary/aromatic N) is 2. The topological polar surface area (TPSA) is 58.2 Å². The molecule has 2 aliphatic rings. The van der Waals surface area contributed by atoms with E-state index in [2.05, 4.69) is 9.88 Å². The van der Waals surface area contributed by atoms with Gasteiger partial charge in [0.1, 0.15) is 16.3 Å². The lowest BCUT2D eigenvalue weighted by Gasteiger charge is -2.34. The molecule has 0 radical (unpaired) electrons. The fourth-order valence-corrected chi connectivity index (χ4v) is 5.51. The van der Waals surface area contributed by atoms with E-state index in [0.29, 0.717) is 16.8 Å². The lowest BCUT2D eigenvalue weighted by molar-refractivity contribution is 0.135. The van der Waals surface area contributed by atoms with Gasteiger partial charge in [-0.2, -0.15) is 0 Å². The molecule has 2 aromatic heterocycles. The molecule has 2 saturated carbocycles. The zero-order chi connectivity index (χ0) is 19.8. The molecule has 0 spiro atoms. The molecule has 2 heterocycles. The third-order valence-corrected chi connectivity index (χ3v) is 7.37. The maximum absolute atomic E-state index is 12.8. The quantitative estimate of drug-likeness (QED) is 0.625. The van der Waals surface area contributed by atoms with Crippen LogP contribution in [0.25, 0.3) is 20.7 Å². The maximum atomic E-state index is 12.8. The first-order chi connectivity index (χ1) is 14.2. The highest BCUT2D eigenvalue weighted by molar-refractivity contribution is 7.22. The van der Waals surface area contributed by atoms with Crippen LogP contribution in [0.2, 0.25) is 0 Å². The smallest absolute Gasteiger partial charge is 0.268 e. The fraction of sp³-hybridized carbons (Fsp3) is 0.478. The molecule has 5 nitrogen and oxygen atoms in total. The SMILES string of the molecule is COc1ccc(-c2cc3nc(CN(C4CCCCC4)C4CC4)[nH]c(=O)c3s2)cc1. The van der Waals surface area contributed by atoms with Gasteiger partial charge < -0.3 is 9.72 Å². The number of thiophene rings is 1. The number of hydrogen-bond acceptors (Lipinski definition) is 5. The van der Waals surface area contributed by atoms with Gasteiger partial charge in [0.15, 0.2) is 0 Å². The van der Waals surface area contributed by atoms with Gasteiger partial charge in [0, 0.05) is 17.0 Å². The summed E-state index contributed by atoms with van der Waals surface area (Å²) in [5, 5.41) is 0. The lowest BCUT2D eigenvalue weighted by Crippen LogP contribution is -2.38. The van der Waals surface area contributed by atoms with E-state index in [1.807, 2.05) is 30.3 Å². The van der Waals surface area contributed by atoms with Crippen molar-refractivity contribution in [2.24, 2.45) is 0 Å². The average Bonchev–Trinajstić information content (AvgIpc) is 3.51. The van der Waals surface area contributed by atoms with Crippen LogP contribution < -0.4 is 10.3 Å². The summed E-state index contributed by atoms with van der Waals surface area (Å²) in [4.78, 5) is 24.4. The van der Waals surface area contributed by atoms with Crippen LogP contribution in [0.5, 0.6) is 5.75 Å². The Morgan fingerprint density at radius 3 is 2.52 bits per heavy atom. The predicted octanol–water partition coefficient (Wildman–Crippen LogP) is 4.96. The Hall–Kier alpha value is -2.18. The van der Waals surface area contributed by atoms with Crippen molar-refractivity contribution in [3.8, 4) is 16.2 Å². The highest BCUT2D eigenvalue weighted by Gasteiger charge is 2.34. The third-order valence-electron chi connectivity index (χ3n) is 6.20. The van der Waals surface area contributed by atoms with Crippen LogP contribution in [0.3, 0.4) is 0 Å². The molecule has 29 heavy (non-hydrogen) atoms. The molecule has 2 aliphatic carbocycles. The number of rotatable bonds is 6. The fourth-order valence-electron chi connectivity index (χ4n) is 4.51. The van der Waals surface area contributed by atoms with Crippen molar-refractivity contribution >= 4 is 21.6 Å². The van der Waals surface area contributed by atoms with E-state index in [1.165, 1.54) is 56.3 Å². The van der Waals surface area contributed by atoms with E-state index >= 15 is 0 Å². The van der Waals surface area contributed by atoms with Gasteiger partial charge in [-0.15, -0.1) is 11.3 Å². The Morgan fingerprint density at radius 1 is 1.10 bits per heavy atom. The summed E-state index contributed by atoms with van der Waals surface area (Å²) < 4.78 is 5.95. The predicted molar refractivity (Wildman–Crippen MR) is 118 cm³/mol. The normalized spacial score (nSPS) is 17.9. The number of benzene rings is 1. The maximum Gasteiger partial charge on any atom is 0.268 e. The van der Waals surface area contributed by atoms with Gasteiger partial charge in [0.2, 0.25) is 0 Å². The van der Waals surface area contributed by atoms with Crippen molar-refractivity contribution in [3.05, 3.63) is 46.5 Å². The van der Waals surface area contributed by atoms with Crippen LogP contribution in [-0.4, -0.2) is 34.1 Å². The highest BCUT2D eigenvalue weighted by Crippen LogP contribution is 2.35. The van der Waals surface area contributed by atoms with Gasteiger partial charge in [-0.05, 0) is 61.6 Å². The molecule has 0 unspecified atom stereocenters. The van der Waals surface area contributed by atoms with Crippen LogP contribution in [0.15, 0.2) is 35.1 Å². The van der Waals surface area contributed by atoms with Crippen molar-refractivity contribution in [3.63, 3.8) is 0 Å². The van der Waals surface area contributed by atoms with Gasteiger partial charge in [0.05, 0.1) is 19.2 Å². The Morgan fingerprint density at radius 2 is 1.83 bits per heavy atom. The zero-order valence-corrected chi connectivity index (χ0v) is 17.6. The number of H-pyrrole nitrogens is 1. The summed E-state index contributed by atoms with van der Waals surface area (Å²) in [5.74, 6) is 1.63. The van der Waals surface area contributed by atoms with Crippen LogP contribution >= 0.6 is 11.3 Å². The second kappa shape index (κ2) is 7.92. The van der Waals surface area contributed by atoms with Crippen LogP contribution in [0.4, 0.5) is 0 Å². The first-order valence-electron chi connectivity index (χ1n) is 10.6. The molecule has 0 saturated heterocycles. The van der Waals surface area contributed by atoms with E-state index in [4.69, 9.17) is 9.72 Å². The summed E-state index contributed by atoms with van der Waals surface area (Å²) in [6.07, 6.45) is 9.14. The molecule has 5 rings (SSSR count). The molecular weight excluding hydrogens is 382 g/mol.